The summed E-state index contributed by atoms with van der Waals surface area (Å²) >= 11 is 1.50. The van der Waals surface area contributed by atoms with E-state index >= 15 is 0 Å². The minimum atomic E-state index is -3.69. The molecule has 2 aromatic rings. The van der Waals surface area contributed by atoms with Crippen LogP contribution in [0, 0.1) is 20.8 Å². The van der Waals surface area contributed by atoms with Crippen molar-refractivity contribution in [2.75, 3.05) is 7.11 Å². The predicted molar refractivity (Wildman–Crippen MR) is 88.1 cm³/mol. The Kier molecular flexibility index (Phi) is 4.89. The molecule has 1 N–H and O–H groups in total. The smallest absolute Gasteiger partial charge is 0.244 e. The minimum absolute atomic E-state index is 0.150. The van der Waals surface area contributed by atoms with Gasteiger partial charge in [0.1, 0.15) is 10.6 Å². The molecular weight excluding hydrogens is 320 g/mol. The van der Waals surface area contributed by atoms with Gasteiger partial charge in [0.2, 0.25) is 10.0 Å². The first kappa shape index (κ1) is 16.9. The fraction of sp³-hybridized carbons (Fsp3) is 0.400. The molecule has 0 aliphatic rings. The molecule has 22 heavy (non-hydrogen) atoms. The first-order chi connectivity index (χ1) is 10.2. The Morgan fingerprint density at radius 3 is 2.41 bits per heavy atom. The molecule has 0 aliphatic carbocycles. The molecule has 0 fully saturated rings. The number of thiazole rings is 1. The maximum absolute atomic E-state index is 12.7. The highest BCUT2D eigenvalue weighted by molar-refractivity contribution is 7.89. The zero-order valence-corrected chi connectivity index (χ0v) is 14.9. The van der Waals surface area contributed by atoms with E-state index in [1.54, 1.807) is 19.1 Å². The minimum Gasteiger partial charge on any atom is -0.495 e. The Balaban J connectivity index is 2.36. The fourth-order valence-electron chi connectivity index (χ4n) is 2.07. The number of ether oxygens (including phenoxy) is 1. The maximum atomic E-state index is 12.7. The zero-order chi connectivity index (χ0) is 16.5. The van der Waals surface area contributed by atoms with Crippen molar-refractivity contribution in [3.05, 3.63) is 39.3 Å². The molecule has 0 bridgehead atoms. The highest BCUT2D eigenvalue weighted by Crippen LogP contribution is 2.28. The highest BCUT2D eigenvalue weighted by Gasteiger charge is 2.24. The average molecular weight is 340 g/mol. The zero-order valence-electron chi connectivity index (χ0n) is 13.3. The summed E-state index contributed by atoms with van der Waals surface area (Å²) in [5.74, 6) is 0.345. The quantitative estimate of drug-likeness (QED) is 0.908. The summed E-state index contributed by atoms with van der Waals surface area (Å²) in [6.07, 6.45) is 0. The molecule has 0 aliphatic heterocycles. The first-order valence-corrected chi connectivity index (χ1v) is 9.20. The summed E-state index contributed by atoms with van der Waals surface area (Å²) in [6.45, 7) is 7.46. The van der Waals surface area contributed by atoms with Crippen LogP contribution in [-0.4, -0.2) is 20.5 Å². The van der Waals surface area contributed by atoms with E-state index in [0.29, 0.717) is 11.4 Å². The number of sulfonamides is 1. The van der Waals surface area contributed by atoms with E-state index in [2.05, 4.69) is 9.71 Å². The largest absolute Gasteiger partial charge is 0.495 e. The summed E-state index contributed by atoms with van der Waals surface area (Å²) in [7, 11) is -2.22. The second kappa shape index (κ2) is 6.36. The van der Waals surface area contributed by atoms with Crippen molar-refractivity contribution in [3.8, 4) is 5.75 Å². The average Bonchev–Trinajstić information content (AvgIpc) is 2.87. The van der Waals surface area contributed by atoms with E-state index in [1.165, 1.54) is 18.4 Å². The summed E-state index contributed by atoms with van der Waals surface area (Å²) in [4.78, 5) is 4.47. The van der Waals surface area contributed by atoms with Crippen molar-refractivity contribution in [3.63, 3.8) is 0 Å². The second-order valence-corrected chi connectivity index (χ2v) is 7.97. The molecule has 7 heteroatoms. The second-order valence-electron chi connectivity index (χ2n) is 5.22. The Labute approximate surface area is 135 Å². The molecule has 0 spiro atoms. The van der Waals surface area contributed by atoms with Crippen LogP contribution in [0.15, 0.2) is 22.4 Å². The summed E-state index contributed by atoms with van der Waals surface area (Å²) < 4.78 is 33.2. The lowest BCUT2D eigenvalue weighted by atomic mass is 10.1. The van der Waals surface area contributed by atoms with Crippen molar-refractivity contribution in [2.45, 2.75) is 38.6 Å². The number of nitrogens with zero attached hydrogens (tertiary/aromatic N) is 1. The van der Waals surface area contributed by atoms with Gasteiger partial charge in [0.05, 0.1) is 23.9 Å². The molecule has 1 unspecified atom stereocenters. The number of aryl methyl sites for hydroxylation is 3. The van der Waals surface area contributed by atoms with Crippen LogP contribution < -0.4 is 9.46 Å². The monoisotopic (exact) mass is 340 g/mol. The standard InChI is InChI=1S/C15H20N2O3S2/c1-9-6-14(20-5)15(7-10(9)2)22(18,19)17-11(3)13-8-21-12(4)16-13/h6-8,11,17H,1-5H3. The Morgan fingerprint density at radius 1 is 1.23 bits per heavy atom. The normalized spacial score (nSPS) is 13.1. The number of rotatable bonds is 5. The molecule has 1 heterocycles. The molecule has 0 radical (unpaired) electrons. The number of hydrogen-bond donors (Lipinski definition) is 1. The van der Waals surface area contributed by atoms with Crippen LogP contribution in [-0.2, 0) is 10.0 Å². The van der Waals surface area contributed by atoms with Crippen LogP contribution >= 0.6 is 11.3 Å². The van der Waals surface area contributed by atoms with E-state index in [1.807, 2.05) is 26.2 Å². The lowest BCUT2D eigenvalue weighted by molar-refractivity contribution is 0.401. The van der Waals surface area contributed by atoms with Crippen LogP contribution in [0.4, 0.5) is 0 Å². The molecule has 1 aromatic heterocycles. The molecule has 1 atom stereocenters. The van der Waals surface area contributed by atoms with Crippen molar-refractivity contribution >= 4 is 21.4 Å². The fourth-order valence-corrected chi connectivity index (χ4v) is 4.23. The van der Waals surface area contributed by atoms with Crippen LogP contribution in [0.2, 0.25) is 0 Å². The molecular formula is C15H20N2O3S2. The highest BCUT2D eigenvalue weighted by atomic mass is 32.2. The number of benzene rings is 1. The van der Waals surface area contributed by atoms with Gasteiger partial charge in [-0.05, 0) is 51.0 Å². The van der Waals surface area contributed by atoms with Gasteiger partial charge in [0.15, 0.2) is 0 Å². The van der Waals surface area contributed by atoms with Gasteiger partial charge in [-0.25, -0.2) is 18.1 Å². The van der Waals surface area contributed by atoms with Gasteiger partial charge in [0.25, 0.3) is 0 Å². The van der Waals surface area contributed by atoms with E-state index < -0.39 is 16.1 Å². The molecule has 5 nitrogen and oxygen atoms in total. The van der Waals surface area contributed by atoms with Crippen LogP contribution in [0.5, 0.6) is 5.75 Å². The number of nitrogens with one attached hydrogen (secondary N) is 1. The Hall–Kier alpha value is -1.44. The third-order valence-corrected chi connectivity index (χ3v) is 5.84. The van der Waals surface area contributed by atoms with Crippen LogP contribution in [0.1, 0.15) is 34.8 Å². The van der Waals surface area contributed by atoms with Gasteiger partial charge in [0, 0.05) is 5.38 Å². The van der Waals surface area contributed by atoms with Gasteiger partial charge < -0.3 is 4.74 Å². The summed E-state index contributed by atoms with van der Waals surface area (Å²) in [6, 6.07) is 2.97. The predicted octanol–water partition coefficient (Wildman–Crippen LogP) is 3.12. The van der Waals surface area contributed by atoms with Crippen LogP contribution in [0.25, 0.3) is 0 Å². The Bertz CT molecular complexity index is 782. The molecule has 0 saturated carbocycles. The molecule has 0 saturated heterocycles. The van der Waals surface area contributed by atoms with Crippen molar-refractivity contribution < 1.29 is 13.2 Å². The number of aromatic nitrogens is 1. The van der Waals surface area contributed by atoms with E-state index in [0.717, 1.165) is 16.1 Å². The van der Waals surface area contributed by atoms with Gasteiger partial charge in [-0.2, -0.15) is 0 Å². The Morgan fingerprint density at radius 2 is 1.86 bits per heavy atom. The molecule has 0 amide bonds. The van der Waals surface area contributed by atoms with E-state index in [9.17, 15) is 8.42 Å². The van der Waals surface area contributed by atoms with E-state index in [-0.39, 0.29) is 4.90 Å². The lowest BCUT2D eigenvalue weighted by Gasteiger charge is -2.16. The lowest BCUT2D eigenvalue weighted by Crippen LogP contribution is -2.27. The number of methoxy groups -OCH3 is 1. The molecule has 120 valence electrons. The van der Waals surface area contributed by atoms with Gasteiger partial charge in [-0.15, -0.1) is 11.3 Å². The van der Waals surface area contributed by atoms with Crippen molar-refractivity contribution in [1.29, 1.82) is 0 Å². The van der Waals surface area contributed by atoms with Crippen LogP contribution in [0.3, 0.4) is 0 Å². The molecule has 1 aromatic carbocycles. The molecule has 2 rings (SSSR count). The van der Waals surface area contributed by atoms with Gasteiger partial charge in [-0.1, -0.05) is 0 Å². The van der Waals surface area contributed by atoms with E-state index in [4.69, 9.17) is 4.74 Å². The summed E-state index contributed by atoms with van der Waals surface area (Å²) in [5, 5.41) is 2.77. The van der Waals surface area contributed by atoms with Gasteiger partial charge in [-0.3, -0.25) is 0 Å². The third-order valence-electron chi connectivity index (χ3n) is 3.48. The first-order valence-electron chi connectivity index (χ1n) is 6.84. The summed E-state index contributed by atoms with van der Waals surface area (Å²) in [5.41, 5.74) is 2.60. The topological polar surface area (TPSA) is 68.3 Å². The maximum Gasteiger partial charge on any atom is 0.244 e. The third kappa shape index (κ3) is 3.48. The van der Waals surface area contributed by atoms with Crippen molar-refractivity contribution in [2.24, 2.45) is 0 Å². The SMILES string of the molecule is COc1cc(C)c(C)cc1S(=O)(=O)NC(C)c1csc(C)n1. The number of hydrogen-bond acceptors (Lipinski definition) is 5. The van der Waals surface area contributed by atoms with Crippen molar-refractivity contribution in [1.82, 2.24) is 9.71 Å². The van der Waals surface area contributed by atoms with Gasteiger partial charge >= 0.3 is 0 Å².